The number of aromatic hydroxyl groups is 2. The first-order valence-electron chi connectivity index (χ1n) is 7.97. The van der Waals surface area contributed by atoms with Gasteiger partial charge in [0.2, 0.25) is 0 Å². The maximum absolute atomic E-state index is 9.93. The van der Waals surface area contributed by atoms with E-state index in [4.69, 9.17) is 0 Å². The molecule has 3 rings (SSSR count). The predicted octanol–water partition coefficient (Wildman–Crippen LogP) is 4.73. The largest absolute Gasteiger partial charge is 0.504 e. The SMILES string of the molecule is Br.C=CCN1C=Cc2cc(O)c(O)cc2C(C2=CCCCC2)C1. The Kier molecular flexibility index (Phi) is 5.94. The Hall–Kier alpha value is -1.68. The minimum atomic E-state index is -0.0584. The lowest BCUT2D eigenvalue weighted by Crippen LogP contribution is -2.24. The van der Waals surface area contributed by atoms with E-state index in [9.17, 15) is 10.2 Å². The van der Waals surface area contributed by atoms with Gasteiger partial charge in [0.05, 0.1) is 0 Å². The second-order valence-electron chi connectivity index (χ2n) is 6.11. The summed E-state index contributed by atoms with van der Waals surface area (Å²) in [6, 6.07) is 3.39. The number of halogens is 1. The molecule has 0 aromatic heterocycles. The Bertz CT molecular complexity index is 637. The van der Waals surface area contributed by atoms with Crippen molar-refractivity contribution in [1.29, 1.82) is 0 Å². The van der Waals surface area contributed by atoms with Crippen LogP contribution in [0, 0.1) is 0 Å². The number of nitrogens with zero attached hydrogens (tertiary/aromatic N) is 1. The summed E-state index contributed by atoms with van der Waals surface area (Å²) >= 11 is 0. The zero-order valence-electron chi connectivity index (χ0n) is 13.2. The molecule has 23 heavy (non-hydrogen) atoms. The first kappa shape index (κ1) is 17.7. The van der Waals surface area contributed by atoms with Crippen molar-refractivity contribution in [3.05, 3.63) is 53.8 Å². The smallest absolute Gasteiger partial charge is 0.158 e. The van der Waals surface area contributed by atoms with Gasteiger partial charge in [-0.05, 0) is 61.2 Å². The van der Waals surface area contributed by atoms with E-state index in [0.717, 1.165) is 37.1 Å². The number of fused-ring (bicyclic) bond motifs is 1. The lowest BCUT2D eigenvalue weighted by molar-refractivity contribution is 0.390. The van der Waals surface area contributed by atoms with Gasteiger partial charge in [-0.2, -0.15) is 0 Å². The van der Waals surface area contributed by atoms with Crippen molar-refractivity contribution in [3.8, 4) is 11.5 Å². The van der Waals surface area contributed by atoms with Gasteiger partial charge < -0.3 is 15.1 Å². The zero-order chi connectivity index (χ0) is 15.5. The van der Waals surface area contributed by atoms with Crippen molar-refractivity contribution in [2.24, 2.45) is 0 Å². The van der Waals surface area contributed by atoms with Gasteiger partial charge >= 0.3 is 0 Å². The molecule has 1 aliphatic carbocycles. The molecule has 1 aromatic rings. The average molecular weight is 378 g/mol. The fourth-order valence-corrected chi connectivity index (χ4v) is 3.43. The van der Waals surface area contributed by atoms with Crippen molar-refractivity contribution in [2.75, 3.05) is 13.1 Å². The summed E-state index contributed by atoms with van der Waals surface area (Å²) in [7, 11) is 0. The highest BCUT2D eigenvalue weighted by atomic mass is 79.9. The van der Waals surface area contributed by atoms with Gasteiger partial charge in [-0.25, -0.2) is 0 Å². The van der Waals surface area contributed by atoms with E-state index in [-0.39, 0.29) is 34.4 Å². The molecule has 2 aliphatic rings. The molecule has 1 aliphatic heterocycles. The number of phenols is 2. The molecule has 1 aromatic carbocycles. The van der Waals surface area contributed by atoms with Crippen LogP contribution < -0.4 is 0 Å². The second kappa shape index (κ2) is 7.73. The van der Waals surface area contributed by atoms with E-state index in [2.05, 4.69) is 23.8 Å². The number of hydrogen-bond acceptors (Lipinski definition) is 3. The molecule has 3 nitrogen and oxygen atoms in total. The van der Waals surface area contributed by atoms with E-state index in [0.29, 0.717) is 0 Å². The number of hydrogen-bond donors (Lipinski definition) is 2. The third kappa shape index (κ3) is 3.81. The van der Waals surface area contributed by atoms with E-state index in [1.54, 1.807) is 12.1 Å². The van der Waals surface area contributed by atoms with Crippen LogP contribution in [-0.4, -0.2) is 28.2 Å². The predicted molar refractivity (Wildman–Crippen MR) is 100 cm³/mol. The van der Waals surface area contributed by atoms with Crippen LogP contribution in [0.4, 0.5) is 0 Å². The van der Waals surface area contributed by atoms with Crippen molar-refractivity contribution in [2.45, 2.75) is 31.6 Å². The molecule has 0 amide bonds. The van der Waals surface area contributed by atoms with Crippen molar-refractivity contribution in [1.82, 2.24) is 4.90 Å². The van der Waals surface area contributed by atoms with E-state index in [1.165, 1.54) is 18.4 Å². The van der Waals surface area contributed by atoms with E-state index >= 15 is 0 Å². The van der Waals surface area contributed by atoms with Crippen LogP contribution in [-0.2, 0) is 0 Å². The number of phenolic OH excluding ortho intramolecular Hbond substituents is 2. The van der Waals surface area contributed by atoms with Gasteiger partial charge in [0, 0.05) is 19.0 Å². The Labute approximate surface area is 148 Å². The Morgan fingerprint density at radius 3 is 2.70 bits per heavy atom. The lowest BCUT2D eigenvalue weighted by Gasteiger charge is -2.28. The van der Waals surface area contributed by atoms with Crippen LogP contribution in [0.15, 0.2) is 42.6 Å². The minimum Gasteiger partial charge on any atom is -0.504 e. The minimum absolute atomic E-state index is 0. The molecule has 0 saturated heterocycles. The first-order valence-corrected chi connectivity index (χ1v) is 7.97. The van der Waals surface area contributed by atoms with E-state index < -0.39 is 0 Å². The number of allylic oxidation sites excluding steroid dienone is 1. The van der Waals surface area contributed by atoms with Gasteiger partial charge in [0.1, 0.15) is 0 Å². The number of rotatable bonds is 3. The van der Waals surface area contributed by atoms with Crippen LogP contribution in [0.2, 0.25) is 0 Å². The zero-order valence-corrected chi connectivity index (χ0v) is 15.0. The maximum Gasteiger partial charge on any atom is 0.158 e. The van der Waals surface area contributed by atoms with Gasteiger partial charge in [-0.1, -0.05) is 17.7 Å². The normalized spacial score (nSPS) is 20.1. The monoisotopic (exact) mass is 377 g/mol. The third-order valence-corrected chi connectivity index (χ3v) is 4.57. The second-order valence-corrected chi connectivity index (χ2v) is 6.11. The molecule has 0 saturated carbocycles. The molecule has 4 heteroatoms. The van der Waals surface area contributed by atoms with Gasteiger partial charge in [-0.3, -0.25) is 0 Å². The summed E-state index contributed by atoms with van der Waals surface area (Å²) in [5.41, 5.74) is 3.54. The molecule has 0 bridgehead atoms. The van der Waals surface area contributed by atoms with Crippen LogP contribution in [0.25, 0.3) is 6.08 Å². The standard InChI is InChI=1S/C19H23NO2.BrH/c1-2-9-20-10-8-15-11-18(21)19(22)12-16(15)17(13-20)14-6-4-3-5-7-14;/h2,6,8,10-12,17,21-22H,1,3-5,7,9,13H2;1H. The summed E-state index contributed by atoms with van der Waals surface area (Å²) in [4.78, 5) is 2.24. The molecule has 0 fully saturated rings. The quantitative estimate of drug-likeness (QED) is 0.590. The molecular formula is C19H24BrNO2. The molecule has 124 valence electrons. The molecule has 2 N–H and O–H groups in total. The molecule has 0 spiro atoms. The molecular weight excluding hydrogens is 354 g/mol. The Balaban J connectivity index is 0.00000192. The Morgan fingerprint density at radius 1 is 1.22 bits per heavy atom. The molecule has 1 unspecified atom stereocenters. The van der Waals surface area contributed by atoms with Crippen molar-refractivity contribution in [3.63, 3.8) is 0 Å². The topological polar surface area (TPSA) is 43.7 Å². The maximum atomic E-state index is 9.93. The molecule has 1 heterocycles. The van der Waals surface area contributed by atoms with Crippen molar-refractivity contribution < 1.29 is 10.2 Å². The average Bonchev–Trinajstić information content (AvgIpc) is 2.70. The van der Waals surface area contributed by atoms with Gasteiger partial charge in [-0.15, -0.1) is 23.6 Å². The molecule has 0 radical (unpaired) electrons. The summed E-state index contributed by atoms with van der Waals surface area (Å²) < 4.78 is 0. The van der Waals surface area contributed by atoms with Crippen molar-refractivity contribution >= 4 is 23.1 Å². The highest BCUT2D eigenvalue weighted by Gasteiger charge is 2.25. The Morgan fingerprint density at radius 2 is 2.00 bits per heavy atom. The van der Waals surface area contributed by atoms with E-state index in [1.807, 2.05) is 12.2 Å². The summed E-state index contributed by atoms with van der Waals surface area (Å²) in [6.45, 7) is 5.51. The summed E-state index contributed by atoms with van der Waals surface area (Å²) in [5.74, 6) is 0.166. The van der Waals surface area contributed by atoms with Crippen LogP contribution >= 0.6 is 17.0 Å². The van der Waals surface area contributed by atoms with Gasteiger partial charge in [0.15, 0.2) is 11.5 Å². The summed E-state index contributed by atoms with van der Waals surface area (Å²) in [5, 5.41) is 19.7. The van der Waals surface area contributed by atoms with Crippen LogP contribution in [0.1, 0.15) is 42.7 Å². The van der Waals surface area contributed by atoms with Crippen LogP contribution in [0.5, 0.6) is 11.5 Å². The van der Waals surface area contributed by atoms with Gasteiger partial charge in [0.25, 0.3) is 0 Å². The highest BCUT2D eigenvalue weighted by molar-refractivity contribution is 8.93. The van der Waals surface area contributed by atoms with Crippen LogP contribution in [0.3, 0.4) is 0 Å². The first-order chi connectivity index (χ1) is 10.7. The fourth-order valence-electron chi connectivity index (χ4n) is 3.43. The number of benzene rings is 1. The third-order valence-electron chi connectivity index (χ3n) is 4.57. The lowest BCUT2D eigenvalue weighted by atomic mass is 9.82. The molecule has 1 atom stereocenters. The fraction of sp³-hybridized carbons (Fsp3) is 0.368. The highest BCUT2D eigenvalue weighted by Crippen LogP contribution is 2.40. The summed E-state index contributed by atoms with van der Waals surface area (Å²) in [6.07, 6.45) is 13.1.